The Morgan fingerprint density at radius 2 is 1.78 bits per heavy atom. The molecule has 37 heavy (non-hydrogen) atoms. The summed E-state index contributed by atoms with van der Waals surface area (Å²) in [5.74, 6) is 1.40. The molecule has 0 saturated carbocycles. The van der Waals surface area contributed by atoms with Gasteiger partial charge in [-0.15, -0.1) is 5.10 Å². The lowest BCUT2D eigenvalue weighted by Crippen LogP contribution is -2.35. The number of ether oxygens (including phenoxy) is 1. The fraction of sp³-hybridized carbons (Fsp3) is 0.241. The summed E-state index contributed by atoms with van der Waals surface area (Å²) in [5.41, 5.74) is 4.55. The predicted octanol–water partition coefficient (Wildman–Crippen LogP) is 4.49. The number of benzene rings is 3. The number of H-pyrrole nitrogens is 1. The Bertz CT molecular complexity index is 1540. The summed E-state index contributed by atoms with van der Waals surface area (Å²) in [4.78, 5) is 18.8. The summed E-state index contributed by atoms with van der Waals surface area (Å²) in [7, 11) is 1.65. The molecule has 5 aromatic rings. The molecule has 0 aliphatic rings. The van der Waals surface area contributed by atoms with Gasteiger partial charge in [0, 0.05) is 17.6 Å². The topological polar surface area (TPSA) is 88.9 Å². The van der Waals surface area contributed by atoms with Gasteiger partial charge in [-0.25, -0.2) is 4.68 Å². The van der Waals surface area contributed by atoms with E-state index in [9.17, 15) is 4.79 Å². The summed E-state index contributed by atoms with van der Waals surface area (Å²) in [6.07, 6.45) is 0. The first-order valence-electron chi connectivity index (χ1n) is 12.4. The van der Waals surface area contributed by atoms with E-state index < -0.39 is 6.04 Å². The minimum Gasteiger partial charge on any atom is -0.497 e. The molecule has 0 unspecified atom stereocenters. The van der Waals surface area contributed by atoms with Crippen molar-refractivity contribution in [2.24, 2.45) is 0 Å². The Morgan fingerprint density at radius 3 is 2.51 bits per heavy atom. The lowest BCUT2D eigenvalue weighted by atomic mass is 10.0. The van der Waals surface area contributed by atoms with E-state index in [1.165, 1.54) is 0 Å². The quantitative estimate of drug-likeness (QED) is 0.325. The second kappa shape index (κ2) is 10.8. The standard InChI is InChI=1S/C29H30N6O2/c1-4-34(18-21-8-6-5-7-9-21)27(25-17-23-13-10-20(2)16-26(23)30-29(25)36)28-31-32-33-35(28)19-22-11-14-24(37-3)15-12-22/h5-17,27H,4,18-19H2,1-3H3,(H,30,36)/t27-/m1/s1. The number of hydrogen-bond acceptors (Lipinski definition) is 6. The van der Waals surface area contributed by atoms with Crippen molar-refractivity contribution in [2.75, 3.05) is 13.7 Å². The van der Waals surface area contributed by atoms with Gasteiger partial charge in [0.25, 0.3) is 5.56 Å². The number of aromatic amines is 1. The number of methoxy groups -OCH3 is 1. The van der Waals surface area contributed by atoms with Gasteiger partial charge in [-0.1, -0.05) is 61.5 Å². The maximum absolute atomic E-state index is 13.5. The van der Waals surface area contributed by atoms with E-state index in [1.54, 1.807) is 11.8 Å². The molecule has 5 rings (SSSR count). The first-order valence-corrected chi connectivity index (χ1v) is 12.4. The molecular weight excluding hydrogens is 464 g/mol. The fourth-order valence-electron chi connectivity index (χ4n) is 4.66. The van der Waals surface area contributed by atoms with Crippen molar-refractivity contribution in [1.82, 2.24) is 30.1 Å². The minimum absolute atomic E-state index is 0.145. The van der Waals surface area contributed by atoms with Crippen molar-refractivity contribution in [3.05, 3.63) is 117 Å². The summed E-state index contributed by atoms with van der Waals surface area (Å²) in [6.45, 7) is 5.91. The van der Waals surface area contributed by atoms with E-state index in [1.807, 2.05) is 67.6 Å². The number of hydrogen-bond donors (Lipinski definition) is 1. The van der Waals surface area contributed by atoms with E-state index in [0.29, 0.717) is 31.0 Å². The highest BCUT2D eigenvalue weighted by Gasteiger charge is 2.30. The number of tetrazole rings is 1. The Balaban J connectivity index is 1.61. The zero-order valence-corrected chi connectivity index (χ0v) is 21.3. The van der Waals surface area contributed by atoms with Crippen LogP contribution in [-0.2, 0) is 13.1 Å². The third-order valence-electron chi connectivity index (χ3n) is 6.62. The van der Waals surface area contributed by atoms with Crippen LogP contribution >= 0.6 is 0 Å². The van der Waals surface area contributed by atoms with Crippen molar-refractivity contribution in [2.45, 2.75) is 33.0 Å². The number of aryl methyl sites for hydroxylation is 1. The van der Waals surface area contributed by atoms with Gasteiger partial charge >= 0.3 is 0 Å². The molecule has 1 atom stereocenters. The van der Waals surface area contributed by atoms with Crippen LogP contribution in [0.5, 0.6) is 5.75 Å². The van der Waals surface area contributed by atoms with E-state index in [4.69, 9.17) is 4.74 Å². The third-order valence-corrected chi connectivity index (χ3v) is 6.62. The smallest absolute Gasteiger partial charge is 0.253 e. The number of rotatable bonds is 9. The van der Waals surface area contributed by atoms with Gasteiger partial charge in [0.2, 0.25) is 0 Å². The van der Waals surface area contributed by atoms with Crippen LogP contribution in [0.25, 0.3) is 10.9 Å². The molecule has 0 spiro atoms. The van der Waals surface area contributed by atoms with Gasteiger partial charge < -0.3 is 9.72 Å². The molecule has 8 nitrogen and oxygen atoms in total. The van der Waals surface area contributed by atoms with Crippen LogP contribution in [0.1, 0.15) is 41.0 Å². The highest BCUT2D eigenvalue weighted by Crippen LogP contribution is 2.29. The van der Waals surface area contributed by atoms with Gasteiger partial charge in [-0.3, -0.25) is 9.69 Å². The summed E-state index contributed by atoms with van der Waals surface area (Å²) < 4.78 is 7.07. The largest absolute Gasteiger partial charge is 0.497 e. The molecule has 3 aromatic carbocycles. The van der Waals surface area contributed by atoms with Crippen molar-refractivity contribution in [1.29, 1.82) is 0 Å². The average molecular weight is 495 g/mol. The van der Waals surface area contributed by atoms with E-state index in [2.05, 4.69) is 50.5 Å². The molecule has 0 bridgehead atoms. The second-order valence-corrected chi connectivity index (χ2v) is 9.14. The highest BCUT2D eigenvalue weighted by atomic mass is 16.5. The lowest BCUT2D eigenvalue weighted by Gasteiger charge is -2.30. The van der Waals surface area contributed by atoms with Crippen molar-refractivity contribution >= 4 is 10.9 Å². The van der Waals surface area contributed by atoms with Gasteiger partial charge in [0.15, 0.2) is 5.82 Å². The fourth-order valence-corrected chi connectivity index (χ4v) is 4.66. The molecule has 8 heteroatoms. The number of pyridine rings is 1. The van der Waals surface area contributed by atoms with Gasteiger partial charge in [-0.2, -0.15) is 0 Å². The summed E-state index contributed by atoms with van der Waals surface area (Å²) in [6, 6.07) is 25.7. The summed E-state index contributed by atoms with van der Waals surface area (Å²) in [5, 5.41) is 13.8. The van der Waals surface area contributed by atoms with Gasteiger partial charge in [0.05, 0.1) is 13.7 Å². The van der Waals surface area contributed by atoms with Gasteiger partial charge in [0.1, 0.15) is 11.8 Å². The maximum atomic E-state index is 13.5. The Labute approximate surface area is 215 Å². The average Bonchev–Trinajstić information content (AvgIpc) is 3.37. The highest BCUT2D eigenvalue weighted by molar-refractivity contribution is 5.79. The molecule has 188 valence electrons. The number of nitrogens with one attached hydrogen (secondary N) is 1. The molecule has 0 saturated heterocycles. The zero-order chi connectivity index (χ0) is 25.8. The number of aromatic nitrogens is 5. The van der Waals surface area contributed by atoms with Crippen molar-refractivity contribution < 1.29 is 4.74 Å². The monoisotopic (exact) mass is 494 g/mol. The van der Waals surface area contributed by atoms with Crippen molar-refractivity contribution in [3.63, 3.8) is 0 Å². The Hall–Kier alpha value is -4.30. The van der Waals surface area contributed by atoms with E-state index in [-0.39, 0.29) is 5.56 Å². The SMILES string of the molecule is CCN(Cc1ccccc1)[C@H](c1cc2ccc(C)cc2[nH]c1=O)c1nnnn1Cc1ccc(OC)cc1. The molecule has 0 aliphatic heterocycles. The molecule has 2 aromatic heterocycles. The molecule has 0 radical (unpaired) electrons. The first kappa shape index (κ1) is 24.4. The molecule has 1 N–H and O–H groups in total. The summed E-state index contributed by atoms with van der Waals surface area (Å²) >= 11 is 0. The molecule has 0 aliphatic carbocycles. The van der Waals surface area contributed by atoms with Crippen LogP contribution in [0, 0.1) is 6.92 Å². The van der Waals surface area contributed by atoms with E-state index >= 15 is 0 Å². The van der Waals surface area contributed by atoms with Gasteiger partial charge in [-0.05, 0) is 70.2 Å². The first-order chi connectivity index (χ1) is 18.1. The van der Waals surface area contributed by atoms with Crippen LogP contribution in [0.4, 0.5) is 0 Å². The van der Waals surface area contributed by atoms with Crippen LogP contribution < -0.4 is 10.3 Å². The Morgan fingerprint density at radius 1 is 1.00 bits per heavy atom. The minimum atomic E-state index is -0.451. The molecule has 2 heterocycles. The molecule has 0 fully saturated rings. The van der Waals surface area contributed by atoms with E-state index in [0.717, 1.165) is 33.3 Å². The zero-order valence-electron chi connectivity index (χ0n) is 21.3. The van der Waals surface area contributed by atoms with Crippen molar-refractivity contribution in [3.8, 4) is 5.75 Å². The molecular formula is C29H30N6O2. The van der Waals surface area contributed by atoms with Crippen LogP contribution in [-0.4, -0.2) is 43.7 Å². The Kier molecular flexibility index (Phi) is 7.09. The van der Waals surface area contributed by atoms with Crippen LogP contribution in [0.15, 0.2) is 83.7 Å². The normalized spacial score (nSPS) is 12.2. The van der Waals surface area contributed by atoms with Crippen LogP contribution in [0.2, 0.25) is 0 Å². The number of nitrogens with zero attached hydrogens (tertiary/aromatic N) is 5. The van der Waals surface area contributed by atoms with Crippen LogP contribution in [0.3, 0.4) is 0 Å². The number of fused-ring (bicyclic) bond motifs is 1. The lowest BCUT2D eigenvalue weighted by molar-refractivity contribution is 0.214. The predicted molar refractivity (Wildman–Crippen MR) is 144 cm³/mol. The molecule has 0 amide bonds. The third kappa shape index (κ3) is 5.29. The second-order valence-electron chi connectivity index (χ2n) is 9.14. The maximum Gasteiger partial charge on any atom is 0.253 e.